The Morgan fingerprint density at radius 3 is 2.83 bits per heavy atom. The maximum atomic E-state index is 3.71. The van der Waals surface area contributed by atoms with Gasteiger partial charge in [0.25, 0.3) is 0 Å². The Balaban J connectivity index is 0. The summed E-state index contributed by atoms with van der Waals surface area (Å²) in [5.41, 5.74) is 2.79. The van der Waals surface area contributed by atoms with Crippen molar-refractivity contribution in [3.8, 4) is 0 Å². The number of hydrogen-bond acceptors (Lipinski definition) is 2. The van der Waals surface area contributed by atoms with E-state index in [1.807, 2.05) is 6.21 Å². The summed E-state index contributed by atoms with van der Waals surface area (Å²) >= 11 is 0. The molecule has 1 rings (SSSR count). The van der Waals surface area contributed by atoms with E-state index in [0.29, 0.717) is 0 Å². The molecule has 1 aliphatic heterocycles. The SMILES string of the molecule is C1=NNCC1.[H-].[Na+]. The van der Waals surface area contributed by atoms with Crippen molar-refractivity contribution in [1.29, 1.82) is 0 Å². The van der Waals surface area contributed by atoms with Gasteiger partial charge >= 0.3 is 29.6 Å². The number of nitrogens with one attached hydrogen (secondary N) is 1. The average Bonchev–Trinajstić information content (AvgIpc) is 1.76. The molecular weight excluding hydrogens is 87.0 g/mol. The van der Waals surface area contributed by atoms with Gasteiger partial charge in [0, 0.05) is 19.2 Å². The molecule has 0 aromatic heterocycles. The molecule has 0 saturated carbocycles. The summed E-state index contributed by atoms with van der Waals surface area (Å²) in [5.74, 6) is 0. The number of hydrogen-bond donors (Lipinski definition) is 1. The van der Waals surface area contributed by atoms with Crippen LogP contribution in [-0.4, -0.2) is 12.8 Å². The molecule has 2 nitrogen and oxygen atoms in total. The third-order valence-corrected chi connectivity index (χ3v) is 0.568. The van der Waals surface area contributed by atoms with Gasteiger partial charge in [0.15, 0.2) is 0 Å². The molecule has 0 spiro atoms. The van der Waals surface area contributed by atoms with E-state index >= 15 is 0 Å². The molecule has 0 aromatic rings. The van der Waals surface area contributed by atoms with E-state index in [0.717, 1.165) is 13.0 Å². The van der Waals surface area contributed by atoms with Crippen LogP contribution < -0.4 is 35.0 Å². The van der Waals surface area contributed by atoms with Gasteiger partial charge in [-0.1, -0.05) is 0 Å². The van der Waals surface area contributed by atoms with Gasteiger partial charge in [-0.3, -0.25) is 0 Å². The first-order valence-electron chi connectivity index (χ1n) is 1.74. The third kappa shape index (κ3) is 1.80. The van der Waals surface area contributed by atoms with Gasteiger partial charge in [-0.05, 0) is 0 Å². The second-order valence-corrected chi connectivity index (χ2v) is 1.01. The van der Waals surface area contributed by atoms with Crippen LogP contribution in [0.4, 0.5) is 0 Å². The summed E-state index contributed by atoms with van der Waals surface area (Å²) < 4.78 is 0. The molecular formula is C3H7N2Na. The summed E-state index contributed by atoms with van der Waals surface area (Å²) in [6.45, 7) is 1.03. The molecule has 3 heteroatoms. The van der Waals surface area contributed by atoms with E-state index in [1.165, 1.54) is 0 Å². The maximum absolute atomic E-state index is 3.71. The first-order chi connectivity index (χ1) is 2.50. The smallest absolute Gasteiger partial charge is 1.00 e. The van der Waals surface area contributed by atoms with Crippen LogP contribution in [0.15, 0.2) is 5.10 Å². The van der Waals surface area contributed by atoms with Crippen LogP contribution in [0, 0.1) is 0 Å². The Kier molecular flexibility index (Phi) is 3.94. The maximum Gasteiger partial charge on any atom is 1.00 e. The standard InChI is InChI=1S/C3H6N2.Na.H/c1-2-4-5-3-1;;/h2,5H,1,3H2;;/q;+1;-1. The van der Waals surface area contributed by atoms with E-state index in [2.05, 4.69) is 10.5 Å². The van der Waals surface area contributed by atoms with Crippen molar-refractivity contribution >= 4 is 6.21 Å². The van der Waals surface area contributed by atoms with Crippen molar-refractivity contribution in [1.82, 2.24) is 5.43 Å². The summed E-state index contributed by atoms with van der Waals surface area (Å²) in [5, 5.41) is 3.71. The molecule has 0 aliphatic carbocycles. The largest absolute Gasteiger partial charge is 1.00 e. The first kappa shape index (κ1) is 6.47. The van der Waals surface area contributed by atoms with Crippen LogP contribution >= 0.6 is 0 Å². The molecule has 6 heavy (non-hydrogen) atoms. The summed E-state index contributed by atoms with van der Waals surface area (Å²) in [7, 11) is 0. The topological polar surface area (TPSA) is 24.4 Å². The van der Waals surface area contributed by atoms with E-state index < -0.39 is 0 Å². The molecule has 0 aromatic carbocycles. The second-order valence-electron chi connectivity index (χ2n) is 1.01. The van der Waals surface area contributed by atoms with Crippen molar-refractivity contribution in [2.75, 3.05) is 6.54 Å². The van der Waals surface area contributed by atoms with Gasteiger partial charge in [-0.2, -0.15) is 5.10 Å². The minimum Gasteiger partial charge on any atom is -1.00 e. The molecule has 0 amide bonds. The Morgan fingerprint density at radius 1 is 1.83 bits per heavy atom. The molecule has 1 N–H and O–H groups in total. The van der Waals surface area contributed by atoms with Crippen LogP contribution in [0.1, 0.15) is 7.85 Å². The number of nitrogens with zero attached hydrogens (tertiary/aromatic N) is 1. The Hall–Kier alpha value is 0.470. The van der Waals surface area contributed by atoms with Crippen LogP contribution in [0.25, 0.3) is 0 Å². The van der Waals surface area contributed by atoms with Gasteiger partial charge in [-0.15, -0.1) is 0 Å². The normalized spacial score (nSPS) is 16.0. The van der Waals surface area contributed by atoms with Gasteiger partial charge in [-0.25, -0.2) is 0 Å². The molecule has 0 bridgehead atoms. The zero-order valence-corrected chi connectivity index (χ0v) is 5.94. The van der Waals surface area contributed by atoms with Crippen molar-refractivity contribution < 1.29 is 31.0 Å². The average molecular weight is 94.1 g/mol. The van der Waals surface area contributed by atoms with Gasteiger partial charge in [0.2, 0.25) is 0 Å². The minimum atomic E-state index is 0. The third-order valence-electron chi connectivity index (χ3n) is 0.568. The minimum absolute atomic E-state index is 0. The van der Waals surface area contributed by atoms with E-state index in [9.17, 15) is 0 Å². The van der Waals surface area contributed by atoms with E-state index in [1.54, 1.807) is 0 Å². The van der Waals surface area contributed by atoms with Crippen LogP contribution in [0.3, 0.4) is 0 Å². The first-order valence-corrected chi connectivity index (χ1v) is 1.74. The Labute approximate surface area is 60.8 Å². The van der Waals surface area contributed by atoms with Crippen molar-refractivity contribution in [3.05, 3.63) is 0 Å². The summed E-state index contributed by atoms with van der Waals surface area (Å²) in [6.07, 6.45) is 2.97. The Morgan fingerprint density at radius 2 is 2.67 bits per heavy atom. The quantitative estimate of drug-likeness (QED) is 0.319. The molecule has 0 saturated heterocycles. The molecule has 1 aliphatic rings. The zero-order valence-electron chi connectivity index (χ0n) is 4.94. The number of hydrazone groups is 1. The van der Waals surface area contributed by atoms with Crippen LogP contribution in [0.5, 0.6) is 0 Å². The van der Waals surface area contributed by atoms with Crippen LogP contribution in [0.2, 0.25) is 0 Å². The fraction of sp³-hybridized carbons (Fsp3) is 0.667. The second kappa shape index (κ2) is 3.65. The zero-order chi connectivity index (χ0) is 3.54. The van der Waals surface area contributed by atoms with E-state index in [-0.39, 0.29) is 31.0 Å². The fourth-order valence-corrected chi connectivity index (χ4v) is 0.323. The summed E-state index contributed by atoms with van der Waals surface area (Å²) in [6, 6.07) is 0. The van der Waals surface area contributed by atoms with Gasteiger partial charge in [0.1, 0.15) is 0 Å². The monoisotopic (exact) mass is 94.1 g/mol. The molecule has 0 atom stereocenters. The van der Waals surface area contributed by atoms with Gasteiger partial charge in [0.05, 0.1) is 0 Å². The van der Waals surface area contributed by atoms with Crippen LogP contribution in [-0.2, 0) is 0 Å². The predicted molar refractivity (Wildman–Crippen MR) is 22.2 cm³/mol. The summed E-state index contributed by atoms with van der Waals surface area (Å²) in [4.78, 5) is 0. The fourth-order valence-electron chi connectivity index (χ4n) is 0.323. The van der Waals surface area contributed by atoms with E-state index in [4.69, 9.17) is 0 Å². The molecule has 0 unspecified atom stereocenters. The molecule has 0 radical (unpaired) electrons. The Bertz CT molecular complexity index is 50.9. The molecule has 1 heterocycles. The predicted octanol–water partition coefficient (Wildman–Crippen LogP) is -2.92. The van der Waals surface area contributed by atoms with Crippen molar-refractivity contribution in [2.24, 2.45) is 5.10 Å². The van der Waals surface area contributed by atoms with Crippen molar-refractivity contribution in [2.45, 2.75) is 6.42 Å². The van der Waals surface area contributed by atoms with Crippen molar-refractivity contribution in [3.63, 3.8) is 0 Å². The molecule has 0 fully saturated rings. The number of rotatable bonds is 0. The molecule has 30 valence electrons. The van der Waals surface area contributed by atoms with Gasteiger partial charge < -0.3 is 6.85 Å².